The molecule has 2 rings (SSSR count). The van der Waals surface area contributed by atoms with Crippen LogP contribution in [0.15, 0.2) is 48.5 Å². The van der Waals surface area contributed by atoms with Crippen LogP contribution in [0.4, 0.5) is 10.5 Å². The number of ether oxygens (including phenoxy) is 1. The molecule has 0 spiro atoms. The van der Waals surface area contributed by atoms with Crippen molar-refractivity contribution < 1.29 is 19.1 Å². The van der Waals surface area contributed by atoms with Crippen LogP contribution in [0.25, 0.3) is 0 Å². The molecule has 0 heterocycles. The van der Waals surface area contributed by atoms with Crippen molar-refractivity contribution in [1.82, 2.24) is 10.2 Å². The minimum atomic E-state index is -0.874. The highest BCUT2D eigenvalue weighted by atomic mass is 16.6. The average Bonchev–Trinajstić information content (AvgIpc) is 2.89. The van der Waals surface area contributed by atoms with E-state index in [0.29, 0.717) is 12.2 Å². The number of hydrogen-bond donors (Lipinski definition) is 2. The Kier molecular flexibility index (Phi) is 12.7. The number of nitrogens with zero attached hydrogens (tertiary/aromatic N) is 1. The van der Waals surface area contributed by atoms with Gasteiger partial charge in [-0.3, -0.25) is 9.59 Å². The quantitative estimate of drug-likeness (QED) is 0.258. The molecule has 7 heteroatoms. The monoisotopic (exact) mass is 551 g/mol. The molecule has 2 atom stereocenters. The lowest BCUT2D eigenvalue weighted by atomic mass is 9.97. The summed E-state index contributed by atoms with van der Waals surface area (Å²) in [6.07, 6.45) is 3.99. The summed E-state index contributed by atoms with van der Waals surface area (Å²) in [5.41, 5.74) is 2.81. The summed E-state index contributed by atoms with van der Waals surface area (Å²) >= 11 is 0. The molecule has 2 aromatic carbocycles. The van der Waals surface area contributed by atoms with Crippen molar-refractivity contribution in [2.75, 3.05) is 11.9 Å². The van der Waals surface area contributed by atoms with Crippen LogP contribution in [-0.4, -0.2) is 41.0 Å². The second-order valence-corrected chi connectivity index (χ2v) is 11.8. The second-order valence-electron chi connectivity index (χ2n) is 11.8. The molecule has 0 aromatic heterocycles. The molecule has 2 unspecified atom stereocenters. The molecule has 7 nitrogen and oxygen atoms in total. The number of aryl methyl sites for hydroxylation is 2. The van der Waals surface area contributed by atoms with Crippen LogP contribution in [0.2, 0.25) is 0 Å². The van der Waals surface area contributed by atoms with E-state index in [1.165, 1.54) is 0 Å². The number of hydrogen-bond acceptors (Lipinski definition) is 4. The zero-order chi connectivity index (χ0) is 29.9. The van der Waals surface area contributed by atoms with Crippen LogP contribution < -0.4 is 10.6 Å². The van der Waals surface area contributed by atoms with Crippen LogP contribution in [0.3, 0.4) is 0 Å². The van der Waals surface area contributed by atoms with Gasteiger partial charge in [-0.2, -0.15) is 0 Å². The van der Waals surface area contributed by atoms with Gasteiger partial charge in [-0.15, -0.1) is 0 Å². The standard InChI is InChI=1S/C33H49N3O4/c1-9-11-12-15-22-36(31(38)28(23(3)4)35-32(39)40-33(6,7)8)29(26-20-18-25(10-2)19-21-26)30(37)34-27-17-14-13-16-24(27)5/h13-14,16-21,23,28-29H,9-12,15,22H2,1-8H3,(H,34,37)(H,35,39). The first kappa shape index (κ1) is 32.9. The summed E-state index contributed by atoms with van der Waals surface area (Å²) in [6.45, 7) is 15.7. The minimum Gasteiger partial charge on any atom is -0.444 e. The highest BCUT2D eigenvalue weighted by Crippen LogP contribution is 2.27. The van der Waals surface area contributed by atoms with E-state index in [1.807, 2.05) is 69.3 Å². The van der Waals surface area contributed by atoms with Crippen molar-refractivity contribution in [1.29, 1.82) is 0 Å². The Morgan fingerprint density at radius 2 is 1.57 bits per heavy atom. The summed E-state index contributed by atoms with van der Waals surface area (Å²) in [7, 11) is 0. The van der Waals surface area contributed by atoms with E-state index in [0.717, 1.165) is 48.8 Å². The summed E-state index contributed by atoms with van der Waals surface area (Å²) in [5.74, 6) is -0.815. The number of carbonyl (C=O) groups excluding carboxylic acids is 3. The first-order valence-electron chi connectivity index (χ1n) is 14.6. The lowest BCUT2D eigenvalue weighted by Gasteiger charge is -2.36. The molecule has 0 radical (unpaired) electrons. The van der Waals surface area contributed by atoms with E-state index in [4.69, 9.17) is 4.74 Å². The van der Waals surface area contributed by atoms with E-state index in [9.17, 15) is 14.4 Å². The first-order chi connectivity index (χ1) is 18.9. The number of nitrogens with one attached hydrogen (secondary N) is 2. The van der Waals surface area contributed by atoms with E-state index in [1.54, 1.807) is 25.7 Å². The van der Waals surface area contributed by atoms with Crippen LogP contribution in [0.1, 0.15) is 96.9 Å². The normalized spacial score (nSPS) is 12.9. The smallest absolute Gasteiger partial charge is 0.408 e. The molecule has 0 aliphatic heterocycles. The van der Waals surface area contributed by atoms with Gasteiger partial charge in [-0.05, 0) is 69.2 Å². The second kappa shape index (κ2) is 15.4. The van der Waals surface area contributed by atoms with Crippen molar-refractivity contribution in [3.63, 3.8) is 0 Å². The van der Waals surface area contributed by atoms with Crippen LogP contribution in [0.5, 0.6) is 0 Å². The maximum Gasteiger partial charge on any atom is 0.408 e. The van der Waals surface area contributed by atoms with Crippen molar-refractivity contribution >= 4 is 23.6 Å². The van der Waals surface area contributed by atoms with Gasteiger partial charge in [0.15, 0.2) is 0 Å². The summed E-state index contributed by atoms with van der Waals surface area (Å²) < 4.78 is 5.47. The number of benzene rings is 2. The number of carbonyl (C=O) groups is 3. The highest BCUT2D eigenvalue weighted by Gasteiger charge is 2.37. The van der Waals surface area contributed by atoms with Crippen molar-refractivity contribution in [2.45, 2.75) is 105 Å². The van der Waals surface area contributed by atoms with Crippen LogP contribution in [-0.2, 0) is 20.7 Å². The molecular weight excluding hydrogens is 502 g/mol. The van der Waals surface area contributed by atoms with E-state index in [2.05, 4.69) is 24.5 Å². The van der Waals surface area contributed by atoms with Gasteiger partial charge in [0.2, 0.25) is 5.91 Å². The molecule has 0 aliphatic carbocycles. The van der Waals surface area contributed by atoms with Gasteiger partial charge < -0.3 is 20.3 Å². The lowest BCUT2D eigenvalue weighted by Crippen LogP contribution is -2.54. The minimum absolute atomic E-state index is 0.222. The van der Waals surface area contributed by atoms with Gasteiger partial charge in [0.1, 0.15) is 17.7 Å². The summed E-state index contributed by atoms with van der Waals surface area (Å²) in [6, 6.07) is 13.7. The van der Waals surface area contributed by atoms with Crippen molar-refractivity contribution in [3.05, 3.63) is 65.2 Å². The van der Waals surface area contributed by atoms with Crippen LogP contribution in [0, 0.1) is 12.8 Å². The Hall–Kier alpha value is -3.35. The van der Waals surface area contributed by atoms with Gasteiger partial charge in [0, 0.05) is 12.2 Å². The molecule has 0 aliphatic rings. The average molecular weight is 552 g/mol. The molecule has 2 N–H and O–H groups in total. The molecule has 3 amide bonds. The Labute approximate surface area is 241 Å². The SMILES string of the molecule is CCCCCCN(C(=O)C(NC(=O)OC(C)(C)C)C(C)C)C(C(=O)Nc1ccccc1C)c1ccc(CC)cc1. The fourth-order valence-corrected chi connectivity index (χ4v) is 4.52. The van der Waals surface area contributed by atoms with E-state index in [-0.39, 0.29) is 17.7 Å². The number of anilines is 1. The molecule has 0 saturated heterocycles. The molecule has 0 saturated carbocycles. The maximum absolute atomic E-state index is 14.3. The Morgan fingerprint density at radius 3 is 2.12 bits per heavy atom. The fourth-order valence-electron chi connectivity index (χ4n) is 4.52. The molecule has 0 bridgehead atoms. The van der Waals surface area contributed by atoms with Gasteiger partial charge in [0.05, 0.1) is 0 Å². The largest absolute Gasteiger partial charge is 0.444 e. The number of para-hydroxylation sites is 1. The van der Waals surface area contributed by atoms with E-state index >= 15 is 0 Å². The zero-order valence-electron chi connectivity index (χ0n) is 25.7. The number of alkyl carbamates (subject to hydrolysis) is 1. The predicted molar refractivity (Wildman–Crippen MR) is 162 cm³/mol. The zero-order valence-corrected chi connectivity index (χ0v) is 25.7. The molecule has 220 valence electrons. The van der Waals surface area contributed by atoms with Gasteiger partial charge in [-0.1, -0.05) is 89.4 Å². The third-order valence-electron chi connectivity index (χ3n) is 6.81. The van der Waals surface area contributed by atoms with Crippen LogP contribution >= 0.6 is 0 Å². The summed E-state index contributed by atoms with van der Waals surface area (Å²) in [4.78, 5) is 42.7. The molecule has 2 aromatic rings. The number of rotatable bonds is 13. The van der Waals surface area contributed by atoms with E-state index < -0.39 is 23.8 Å². The van der Waals surface area contributed by atoms with Crippen molar-refractivity contribution in [3.8, 4) is 0 Å². The molecular formula is C33H49N3O4. The highest BCUT2D eigenvalue weighted by molar-refractivity contribution is 5.99. The lowest BCUT2D eigenvalue weighted by molar-refractivity contribution is -0.141. The fraction of sp³-hybridized carbons (Fsp3) is 0.545. The van der Waals surface area contributed by atoms with Gasteiger partial charge in [0.25, 0.3) is 5.91 Å². The number of amides is 3. The summed E-state index contributed by atoms with van der Waals surface area (Å²) in [5, 5.41) is 5.86. The predicted octanol–water partition coefficient (Wildman–Crippen LogP) is 7.20. The molecule has 40 heavy (non-hydrogen) atoms. The van der Waals surface area contributed by atoms with Gasteiger partial charge >= 0.3 is 6.09 Å². The third-order valence-corrected chi connectivity index (χ3v) is 6.81. The maximum atomic E-state index is 14.3. The van der Waals surface area contributed by atoms with Crippen molar-refractivity contribution in [2.24, 2.45) is 5.92 Å². The Balaban J connectivity index is 2.54. The topological polar surface area (TPSA) is 87.7 Å². The first-order valence-corrected chi connectivity index (χ1v) is 14.6. The Bertz CT molecular complexity index is 1110. The van der Waals surface area contributed by atoms with Gasteiger partial charge in [-0.25, -0.2) is 4.79 Å². The third kappa shape index (κ3) is 10.00. The number of unbranched alkanes of at least 4 members (excludes halogenated alkanes) is 3. The Morgan fingerprint density at radius 1 is 0.925 bits per heavy atom. The molecule has 0 fully saturated rings.